The van der Waals surface area contributed by atoms with E-state index in [0.717, 1.165) is 5.56 Å². The lowest BCUT2D eigenvalue weighted by atomic mass is 9.96. The van der Waals surface area contributed by atoms with Gasteiger partial charge < -0.3 is 5.73 Å². The van der Waals surface area contributed by atoms with E-state index in [1.807, 2.05) is 0 Å². The van der Waals surface area contributed by atoms with E-state index in [0.29, 0.717) is 11.3 Å². The average molecular weight is 269 g/mol. The highest BCUT2D eigenvalue weighted by Gasteiger charge is 2.21. The van der Waals surface area contributed by atoms with Crippen molar-refractivity contribution in [3.05, 3.63) is 28.0 Å². The molecule has 0 aromatic carbocycles. The minimum absolute atomic E-state index is 0.0710. The second-order valence-corrected chi connectivity index (χ2v) is 5.03. The summed E-state index contributed by atoms with van der Waals surface area (Å²) in [6.45, 7) is 7.06. The Hall–Kier alpha value is -1.42. The van der Waals surface area contributed by atoms with Crippen molar-refractivity contribution >= 4 is 23.3 Å². The number of primary amides is 1. The first kappa shape index (κ1) is 14.6. The summed E-state index contributed by atoms with van der Waals surface area (Å²) in [5, 5.41) is 0.172. The van der Waals surface area contributed by atoms with Gasteiger partial charge in [-0.3, -0.25) is 9.59 Å². The van der Waals surface area contributed by atoms with E-state index >= 15 is 0 Å². The van der Waals surface area contributed by atoms with Crippen molar-refractivity contribution in [3.63, 3.8) is 0 Å². The Bertz CT molecular complexity index is 475. The lowest BCUT2D eigenvalue weighted by Crippen LogP contribution is -2.21. The number of halogens is 1. The van der Waals surface area contributed by atoms with Crippen molar-refractivity contribution in [3.8, 4) is 0 Å². The molecule has 1 rings (SSSR count). The van der Waals surface area contributed by atoms with Gasteiger partial charge in [0.2, 0.25) is 5.91 Å². The number of rotatable bonds is 4. The zero-order valence-corrected chi connectivity index (χ0v) is 11.7. The number of aromatic nitrogens is 1. The second kappa shape index (κ2) is 5.48. The molecule has 2 N–H and O–H groups in total. The van der Waals surface area contributed by atoms with Gasteiger partial charge >= 0.3 is 0 Å². The van der Waals surface area contributed by atoms with Crippen LogP contribution in [0.5, 0.6) is 0 Å². The predicted octanol–water partition coefficient (Wildman–Crippen LogP) is 2.47. The zero-order valence-electron chi connectivity index (χ0n) is 11.0. The predicted molar refractivity (Wildman–Crippen MR) is 70.8 cm³/mol. The maximum Gasteiger partial charge on any atom is 0.224 e. The zero-order chi connectivity index (χ0) is 14.0. The molecule has 0 bridgehead atoms. The molecule has 0 spiro atoms. The van der Waals surface area contributed by atoms with Crippen LogP contribution in [0.15, 0.2) is 6.07 Å². The SMILES string of the molecule is Cc1cc(C(=O)C(C)C)nc(Cl)c1C(C)C(N)=O. The standard InChI is InChI=1S/C13H17ClN2O2/c1-6(2)11(17)9-5-7(3)10(12(14)16-9)8(4)13(15)18/h5-6,8H,1-4H3,(H2,15,18). The minimum Gasteiger partial charge on any atom is -0.369 e. The summed E-state index contributed by atoms with van der Waals surface area (Å²) in [4.78, 5) is 27.1. The summed E-state index contributed by atoms with van der Waals surface area (Å²) in [6, 6.07) is 1.66. The van der Waals surface area contributed by atoms with Crippen LogP contribution in [-0.2, 0) is 4.79 Å². The molecule has 0 aliphatic carbocycles. The van der Waals surface area contributed by atoms with Gasteiger partial charge in [-0.1, -0.05) is 25.4 Å². The lowest BCUT2D eigenvalue weighted by molar-refractivity contribution is -0.119. The molecule has 0 fully saturated rings. The van der Waals surface area contributed by atoms with Gasteiger partial charge in [0, 0.05) is 11.5 Å². The van der Waals surface area contributed by atoms with E-state index in [1.165, 1.54) is 0 Å². The van der Waals surface area contributed by atoms with Crippen LogP contribution < -0.4 is 5.73 Å². The molecular formula is C13H17ClN2O2. The van der Waals surface area contributed by atoms with E-state index in [9.17, 15) is 9.59 Å². The van der Waals surface area contributed by atoms with Gasteiger partial charge in [-0.25, -0.2) is 4.98 Å². The molecule has 0 aliphatic heterocycles. The van der Waals surface area contributed by atoms with E-state index in [-0.39, 0.29) is 16.9 Å². The fraction of sp³-hybridized carbons (Fsp3) is 0.462. The molecule has 1 unspecified atom stereocenters. The lowest BCUT2D eigenvalue weighted by Gasteiger charge is -2.14. The first-order valence-corrected chi connectivity index (χ1v) is 6.14. The molecule has 0 radical (unpaired) electrons. The van der Waals surface area contributed by atoms with Crippen molar-refractivity contribution in [2.75, 3.05) is 0 Å². The summed E-state index contributed by atoms with van der Waals surface area (Å²) in [7, 11) is 0. The number of Topliss-reactive ketones (excluding diaryl/α,β-unsaturated/α-hetero) is 1. The van der Waals surface area contributed by atoms with E-state index in [2.05, 4.69) is 4.98 Å². The highest BCUT2D eigenvalue weighted by molar-refractivity contribution is 6.30. The van der Waals surface area contributed by atoms with Crippen LogP contribution in [0, 0.1) is 12.8 Å². The molecule has 18 heavy (non-hydrogen) atoms. The normalized spacial score (nSPS) is 12.6. The van der Waals surface area contributed by atoms with E-state index in [4.69, 9.17) is 17.3 Å². The van der Waals surface area contributed by atoms with E-state index in [1.54, 1.807) is 33.8 Å². The number of amides is 1. The molecule has 5 heteroatoms. The maximum absolute atomic E-state index is 11.9. The molecule has 0 saturated heterocycles. The quantitative estimate of drug-likeness (QED) is 0.673. The van der Waals surface area contributed by atoms with Gasteiger partial charge in [0.15, 0.2) is 5.78 Å². The molecule has 1 aromatic heterocycles. The van der Waals surface area contributed by atoms with E-state index < -0.39 is 11.8 Å². The number of carbonyl (C=O) groups is 2. The van der Waals surface area contributed by atoms with Crippen LogP contribution in [0.4, 0.5) is 0 Å². The van der Waals surface area contributed by atoms with Crippen molar-refractivity contribution in [2.24, 2.45) is 11.7 Å². The number of pyridine rings is 1. The Morgan fingerprint density at radius 1 is 1.33 bits per heavy atom. The van der Waals surface area contributed by atoms with Gasteiger partial charge in [0.1, 0.15) is 10.8 Å². The third-order valence-corrected chi connectivity index (χ3v) is 3.14. The number of nitrogens with zero attached hydrogens (tertiary/aromatic N) is 1. The van der Waals surface area contributed by atoms with Crippen molar-refractivity contribution < 1.29 is 9.59 Å². The first-order chi connectivity index (χ1) is 8.25. The maximum atomic E-state index is 11.9. The topological polar surface area (TPSA) is 73.1 Å². The molecule has 1 heterocycles. The highest BCUT2D eigenvalue weighted by atomic mass is 35.5. The minimum atomic E-state index is -0.520. The van der Waals surface area contributed by atoms with Crippen LogP contribution in [0.2, 0.25) is 5.15 Å². The number of hydrogen-bond donors (Lipinski definition) is 1. The third kappa shape index (κ3) is 2.88. The van der Waals surface area contributed by atoms with Gasteiger partial charge in [-0.05, 0) is 25.5 Å². The number of hydrogen-bond acceptors (Lipinski definition) is 3. The molecule has 98 valence electrons. The Kier molecular flexibility index (Phi) is 4.46. The Balaban J connectivity index is 3.29. The molecule has 1 amide bonds. The van der Waals surface area contributed by atoms with Crippen LogP contribution in [0.25, 0.3) is 0 Å². The second-order valence-electron chi connectivity index (χ2n) is 4.67. The molecular weight excluding hydrogens is 252 g/mol. The average Bonchev–Trinajstić information content (AvgIpc) is 2.26. The fourth-order valence-electron chi connectivity index (χ4n) is 1.73. The molecule has 1 atom stereocenters. The van der Waals surface area contributed by atoms with Gasteiger partial charge in [0.05, 0.1) is 5.92 Å². The Morgan fingerprint density at radius 3 is 2.28 bits per heavy atom. The van der Waals surface area contributed by atoms with Crippen LogP contribution in [0.1, 0.15) is 48.3 Å². The third-order valence-electron chi connectivity index (χ3n) is 2.86. The Morgan fingerprint density at radius 2 is 1.89 bits per heavy atom. The number of carbonyl (C=O) groups excluding carboxylic acids is 2. The Labute approximate surface area is 112 Å². The molecule has 0 aliphatic rings. The fourth-order valence-corrected chi connectivity index (χ4v) is 2.13. The molecule has 0 saturated carbocycles. The summed E-state index contributed by atoms with van der Waals surface area (Å²) in [5.41, 5.74) is 6.93. The smallest absolute Gasteiger partial charge is 0.224 e. The summed E-state index contributed by atoms with van der Waals surface area (Å²) >= 11 is 6.05. The molecule has 4 nitrogen and oxygen atoms in total. The summed E-state index contributed by atoms with van der Waals surface area (Å²) < 4.78 is 0. The summed E-state index contributed by atoms with van der Waals surface area (Å²) in [5.74, 6) is -1.21. The van der Waals surface area contributed by atoms with Crippen molar-refractivity contribution in [1.29, 1.82) is 0 Å². The van der Waals surface area contributed by atoms with Gasteiger partial charge in [0.25, 0.3) is 0 Å². The number of aryl methyl sites for hydroxylation is 1. The van der Waals surface area contributed by atoms with Crippen LogP contribution in [0.3, 0.4) is 0 Å². The van der Waals surface area contributed by atoms with Crippen LogP contribution >= 0.6 is 11.6 Å². The monoisotopic (exact) mass is 268 g/mol. The number of ketones is 1. The number of nitrogens with two attached hydrogens (primary N) is 1. The van der Waals surface area contributed by atoms with Crippen LogP contribution in [-0.4, -0.2) is 16.7 Å². The molecule has 1 aromatic rings. The summed E-state index contributed by atoms with van der Waals surface area (Å²) in [6.07, 6.45) is 0. The van der Waals surface area contributed by atoms with Gasteiger partial charge in [-0.2, -0.15) is 0 Å². The van der Waals surface area contributed by atoms with Gasteiger partial charge in [-0.15, -0.1) is 0 Å². The van der Waals surface area contributed by atoms with Crippen molar-refractivity contribution in [1.82, 2.24) is 4.98 Å². The largest absolute Gasteiger partial charge is 0.369 e. The van der Waals surface area contributed by atoms with Crippen molar-refractivity contribution in [2.45, 2.75) is 33.6 Å². The first-order valence-electron chi connectivity index (χ1n) is 5.76. The highest BCUT2D eigenvalue weighted by Crippen LogP contribution is 2.27.